The largest absolute Gasteiger partial charge is 0.492 e. The Hall–Kier alpha value is -1.23. The molecule has 0 saturated heterocycles. The molecule has 1 aliphatic rings. The van der Waals surface area contributed by atoms with Gasteiger partial charge in [-0.2, -0.15) is 0 Å². The van der Waals surface area contributed by atoms with Crippen molar-refractivity contribution in [2.24, 2.45) is 5.92 Å². The van der Waals surface area contributed by atoms with E-state index in [1.165, 1.54) is 0 Å². The van der Waals surface area contributed by atoms with E-state index in [1.54, 1.807) is 18.2 Å². The van der Waals surface area contributed by atoms with Gasteiger partial charge >= 0.3 is 0 Å². The number of hydrogen-bond donors (Lipinski definition) is 1. The average Bonchev–Trinajstić information content (AvgIpc) is 3.06. The van der Waals surface area contributed by atoms with E-state index in [2.05, 4.69) is 6.58 Å². The summed E-state index contributed by atoms with van der Waals surface area (Å²) in [5.74, 6) is 0.917. The van der Waals surface area contributed by atoms with Crippen molar-refractivity contribution < 1.29 is 14.6 Å². The van der Waals surface area contributed by atoms with Crippen molar-refractivity contribution in [3.05, 3.63) is 40.9 Å². The fraction of sp³-hybridized carbons (Fsp3) is 0.591. The molecule has 3 atom stereocenters. The number of benzene rings is 1. The first-order valence-electron chi connectivity index (χ1n) is 10.1. The summed E-state index contributed by atoms with van der Waals surface area (Å²) < 4.78 is 5.67. The summed E-state index contributed by atoms with van der Waals surface area (Å²) in [6, 6.07) is 5.05. The maximum atomic E-state index is 12.8. The Kier molecular flexibility index (Phi) is 8.66. The van der Waals surface area contributed by atoms with Gasteiger partial charge in [-0.1, -0.05) is 36.2 Å². The molecule has 1 aliphatic carbocycles. The van der Waals surface area contributed by atoms with Crippen LogP contribution in [0.1, 0.15) is 52.4 Å². The van der Waals surface area contributed by atoms with Gasteiger partial charge in [0.15, 0.2) is 0 Å². The number of amides is 1. The number of ether oxygens (including phenoxy) is 1. The molecule has 1 amide bonds. The SMILES string of the molecule is C=CC(C1CCC(O)(CC)C1)N(CC)C(=O)CCCOc1ccc(Cl)cc1Cl. The zero-order chi connectivity index (χ0) is 20.7. The number of halogens is 2. The van der Waals surface area contributed by atoms with E-state index >= 15 is 0 Å². The van der Waals surface area contributed by atoms with Crippen LogP contribution in [0.5, 0.6) is 5.75 Å². The molecule has 1 saturated carbocycles. The third kappa shape index (κ3) is 5.88. The van der Waals surface area contributed by atoms with E-state index in [-0.39, 0.29) is 17.9 Å². The van der Waals surface area contributed by atoms with Crippen molar-refractivity contribution in [2.75, 3.05) is 13.2 Å². The van der Waals surface area contributed by atoms with Crippen molar-refractivity contribution in [3.8, 4) is 5.75 Å². The molecule has 0 aliphatic heterocycles. The first-order valence-corrected chi connectivity index (χ1v) is 10.8. The fourth-order valence-electron chi connectivity index (χ4n) is 4.03. The summed E-state index contributed by atoms with van der Waals surface area (Å²) in [5.41, 5.74) is -0.597. The smallest absolute Gasteiger partial charge is 0.223 e. The standard InChI is InChI=1S/C22H31Cl2NO3/c1-4-19(16-11-12-22(27,5-2)15-16)25(6-3)21(26)8-7-13-28-20-10-9-17(23)14-18(20)24/h4,9-10,14,16,19,27H,1,5-8,11-13,15H2,2-3H3. The summed E-state index contributed by atoms with van der Waals surface area (Å²) in [6.45, 7) is 8.99. The normalized spacial score (nSPS) is 22.7. The van der Waals surface area contributed by atoms with Gasteiger partial charge in [0, 0.05) is 18.0 Å². The summed E-state index contributed by atoms with van der Waals surface area (Å²) in [5, 5.41) is 11.6. The minimum Gasteiger partial charge on any atom is -0.492 e. The molecule has 0 spiro atoms. The Bertz CT molecular complexity index is 682. The van der Waals surface area contributed by atoms with Crippen LogP contribution in [-0.4, -0.2) is 40.7 Å². The van der Waals surface area contributed by atoms with Crippen LogP contribution in [0.4, 0.5) is 0 Å². The topological polar surface area (TPSA) is 49.8 Å². The van der Waals surface area contributed by atoms with Gasteiger partial charge in [0.2, 0.25) is 5.91 Å². The zero-order valence-corrected chi connectivity index (χ0v) is 18.3. The Balaban J connectivity index is 1.87. The molecule has 4 nitrogen and oxygen atoms in total. The highest BCUT2D eigenvalue weighted by atomic mass is 35.5. The van der Waals surface area contributed by atoms with E-state index < -0.39 is 5.60 Å². The molecule has 0 radical (unpaired) electrons. The zero-order valence-electron chi connectivity index (χ0n) is 16.8. The van der Waals surface area contributed by atoms with Crippen LogP contribution in [0, 0.1) is 5.92 Å². The third-order valence-corrected chi connectivity index (χ3v) is 6.24. The quantitative estimate of drug-likeness (QED) is 0.396. The Morgan fingerprint density at radius 1 is 1.46 bits per heavy atom. The van der Waals surface area contributed by atoms with Crippen LogP contribution in [0.25, 0.3) is 0 Å². The second kappa shape index (κ2) is 10.5. The molecule has 1 N–H and O–H groups in total. The maximum Gasteiger partial charge on any atom is 0.223 e. The predicted octanol–water partition coefficient (Wildman–Crippen LogP) is 5.50. The van der Waals surface area contributed by atoms with Crippen molar-refractivity contribution >= 4 is 29.1 Å². The van der Waals surface area contributed by atoms with E-state index in [9.17, 15) is 9.90 Å². The van der Waals surface area contributed by atoms with Gasteiger partial charge < -0.3 is 14.7 Å². The Labute approximate surface area is 178 Å². The van der Waals surface area contributed by atoms with E-state index in [1.807, 2.05) is 24.8 Å². The average molecular weight is 428 g/mol. The summed E-state index contributed by atoms with van der Waals surface area (Å²) in [6.07, 6.45) is 6.04. The number of carbonyl (C=O) groups is 1. The van der Waals surface area contributed by atoms with Crippen LogP contribution >= 0.6 is 23.2 Å². The number of carbonyl (C=O) groups excluding carboxylic acids is 1. The molecular weight excluding hydrogens is 397 g/mol. The van der Waals surface area contributed by atoms with Gasteiger partial charge in [-0.05, 0) is 63.1 Å². The first kappa shape index (κ1) is 23.1. The minimum atomic E-state index is -0.597. The van der Waals surface area contributed by atoms with Crippen molar-refractivity contribution in [1.82, 2.24) is 4.90 Å². The molecule has 0 aromatic heterocycles. The Morgan fingerprint density at radius 2 is 2.21 bits per heavy atom. The molecule has 0 bridgehead atoms. The number of aliphatic hydroxyl groups is 1. The number of rotatable bonds is 10. The van der Waals surface area contributed by atoms with Crippen molar-refractivity contribution in [2.45, 2.75) is 64.0 Å². The lowest BCUT2D eigenvalue weighted by Crippen LogP contribution is -2.43. The van der Waals surface area contributed by atoms with Gasteiger partial charge in [-0.3, -0.25) is 4.79 Å². The minimum absolute atomic E-state index is 0.0373. The highest BCUT2D eigenvalue weighted by Crippen LogP contribution is 2.40. The molecule has 2 rings (SSSR count). The lowest BCUT2D eigenvalue weighted by atomic mass is 9.92. The monoisotopic (exact) mass is 427 g/mol. The number of hydrogen-bond acceptors (Lipinski definition) is 3. The number of likely N-dealkylation sites (N-methyl/N-ethyl adjacent to an activating group) is 1. The molecule has 3 unspecified atom stereocenters. The maximum absolute atomic E-state index is 12.8. The highest BCUT2D eigenvalue weighted by molar-refractivity contribution is 6.35. The lowest BCUT2D eigenvalue weighted by Gasteiger charge is -2.34. The summed E-state index contributed by atoms with van der Waals surface area (Å²) in [4.78, 5) is 14.7. The van der Waals surface area contributed by atoms with Crippen molar-refractivity contribution in [3.63, 3.8) is 0 Å². The van der Waals surface area contributed by atoms with Crippen LogP contribution in [0.3, 0.4) is 0 Å². The molecule has 6 heteroatoms. The van der Waals surface area contributed by atoms with Crippen LogP contribution in [0.2, 0.25) is 10.0 Å². The number of nitrogens with zero attached hydrogens (tertiary/aromatic N) is 1. The van der Waals surface area contributed by atoms with E-state index in [4.69, 9.17) is 27.9 Å². The molecule has 1 aromatic rings. The third-order valence-electron chi connectivity index (χ3n) is 5.71. The highest BCUT2D eigenvalue weighted by Gasteiger charge is 2.40. The molecule has 1 fully saturated rings. The van der Waals surface area contributed by atoms with Gasteiger partial charge in [0.1, 0.15) is 5.75 Å². The summed E-state index contributed by atoms with van der Waals surface area (Å²) in [7, 11) is 0. The molecule has 0 heterocycles. The van der Waals surface area contributed by atoms with Gasteiger partial charge in [-0.25, -0.2) is 0 Å². The second-order valence-corrected chi connectivity index (χ2v) is 8.36. The van der Waals surface area contributed by atoms with E-state index in [0.29, 0.717) is 41.8 Å². The van der Waals surface area contributed by atoms with Gasteiger partial charge in [0.25, 0.3) is 0 Å². The van der Waals surface area contributed by atoms with Gasteiger partial charge in [-0.15, -0.1) is 6.58 Å². The van der Waals surface area contributed by atoms with Crippen LogP contribution in [-0.2, 0) is 4.79 Å². The molecule has 1 aromatic carbocycles. The molecular formula is C22H31Cl2NO3. The van der Waals surface area contributed by atoms with E-state index in [0.717, 1.165) is 25.7 Å². The molecule has 28 heavy (non-hydrogen) atoms. The summed E-state index contributed by atoms with van der Waals surface area (Å²) >= 11 is 12.0. The molecule has 156 valence electrons. The predicted molar refractivity (Wildman–Crippen MR) is 115 cm³/mol. The second-order valence-electron chi connectivity index (χ2n) is 7.51. The van der Waals surface area contributed by atoms with Crippen molar-refractivity contribution in [1.29, 1.82) is 0 Å². The lowest BCUT2D eigenvalue weighted by molar-refractivity contribution is -0.133. The van der Waals surface area contributed by atoms with Crippen LogP contribution in [0.15, 0.2) is 30.9 Å². The fourth-order valence-corrected chi connectivity index (χ4v) is 4.49. The Morgan fingerprint density at radius 3 is 2.79 bits per heavy atom. The first-order chi connectivity index (χ1) is 13.3. The van der Waals surface area contributed by atoms with Gasteiger partial charge in [0.05, 0.1) is 23.3 Å². The van der Waals surface area contributed by atoms with Crippen LogP contribution < -0.4 is 4.74 Å².